The van der Waals surface area contributed by atoms with E-state index in [-0.39, 0.29) is 31.1 Å². The Morgan fingerprint density at radius 3 is 0.794 bits per heavy atom. The van der Waals surface area contributed by atoms with Crippen LogP contribution in [-0.4, -0.2) is 37.2 Å². The van der Waals surface area contributed by atoms with Crippen LogP contribution in [0.5, 0.6) is 0 Å². The van der Waals surface area contributed by atoms with Crippen molar-refractivity contribution in [3.63, 3.8) is 0 Å². The molecule has 0 aromatic carbocycles. The number of carbonyl (C=O) groups is 3. The number of carbonyl (C=O) groups excluding carboxylic acids is 3. The van der Waals surface area contributed by atoms with E-state index in [1.165, 1.54) is 205 Å². The molecule has 68 heavy (non-hydrogen) atoms. The SMILES string of the molecule is CCC/C=C\CCCCCCCC(=O)OCC(COC(=O)CCCCCCCCCCCCCCC/C=C\CCCCCCCCCC)OC(=O)CCCCCCC/C=C\CCCCCCCC. The minimum absolute atomic E-state index is 0.0757. The zero-order valence-electron chi connectivity index (χ0n) is 45.6. The van der Waals surface area contributed by atoms with Gasteiger partial charge in [0.25, 0.3) is 0 Å². The fourth-order valence-electron chi connectivity index (χ4n) is 8.79. The summed E-state index contributed by atoms with van der Waals surface area (Å²) in [5.41, 5.74) is 0. The van der Waals surface area contributed by atoms with E-state index in [1.807, 2.05) is 0 Å². The molecule has 0 aromatic heterocycles. The zero-order valence-corrected chi connectivity index (χ0v) is 45.6. The molecule has 398 valence electrons. The van der Waals surface area contributed by atoms with Gasteiger partial charge in [-0.1, -0.05) is 250 Å². The highest BCUT2D eigenvalue weighted by Gasteiger charge is 2.19. The van der Waals surface area contributed by atoms with Crippen molar-refractivity contribution in [2.45, 2.75) is 329 Å². The van der Waals surface area contributed by atoms with Crippen molar-refractivity contribution in [1.82, 2.24) is 0 Å². The lowest BCUT2D eigenvalue weighted by Gasteiger charge is -2.18. The summed E-state index contributed by atoms with van der Waals surface area (Å²) in [5, 5.41) is 0. The molecule has 0 amide bonds. The summed E-state index contributed by atoms with van der Waals surface area (Å²) in [6.45, 7) is 6.60. The van der Waals surface area contributed by atoms with Crippen LogP contribution in [0.1, 0.15) is 323 Å². The maximum atomic E-state index is 12.8. The molecule has 0 aromatic rings. The number of allylic oxidation sites excluding steroid dienone is 6. The minimum Gasteiger partial charge on any atom is -0.462 e. The first kappa shape index (κ1) is 65.6. The number of esters is 3. The third-order valence-electron chi connectivity index (χ3n) is 13.3. The molecular weight excluding hydrogens is 841 g/mol. The third-order valence-corrected chi connectivity index (χ3v) is 13.3. The van der Waals surface area contributed by atoms with E-state index in [4.69, 9.17) is 14.2 Å². The molecule has 0 bridgehead atoms. The highest BCUT2D eigenvalue weighted by Crippen LogP contribution is 2.16. The lowest BCUT2D eigenvalue weighted by atomic mass is 10.0. The quantitative estimate of drug-likeness (QED) is 0.0262. The summed E-state index contributed by atoms with van der Waals surface area (Å²) in [4.78, 5) is 38.1. The van der Waals surface area contributed by atoms with Crippen LogP contribution in [-0.2, 0) is 28.6 Å². The molecule has 0 spiro atoms. The maximum absolute atomic E-state index is 12.8. The number of rotatable bonds is 55. The molecule has 1 atom stereocenters. The normalized spacial score (nSPS) is 12.2. The lowest BCUT2D eigenvalue weighted by molar-refractivity contribution is -0.167. The highest BCUT2D eigenvalue weighted by molar-refractivity contribution is 5.71. The standard InChI is InChI=1S/C62H114O6/c1-4-7-10-13-16-19-22-24-26-27-28-29-30-31-32-33-34-35-37-38-40-43-46-49-52-55-61(64)67-58-59(57-66-60(63)54-51-48-45-42-21-18-15-12-9-6-3)68-62(65)56-53-50-47-44-41-39-36-25-23-20-17-14-11-8-5-2/h12,15,25,27-28,36,59H,4-11,13-14,16-24,26,29-35,37-58H2,1-3H3/b15-12-,28-27-,36-25-. The van der Waals surface area contributed by atoms with Gasteiger partial charge in [-0.25, -0.2) is 0 Å². The Balaban J connectivity index is 4.19. The van der Waals surface area contributed by atoms with Gasteiger partial charge in [0.15, 0.2) is 6.10 Å². The molecule has 0 N–H and O–H groups in total. The Morgan fingerprint density at radius 2 is 0.515 bits per heavy atom. The van der Waals surface area contributed by atoms with Crippen LogP contribution < -0.4 is 0 Å². The van der Waals surface area contributed by atoms with Gasteiger partial charge in [-0.3, -0.25) is 14.4 Å². The van der Waals surface area contributed by atoms with E-state index >= 15 is 0 Å². The van der Waals surface area contributed by atoms with E-state index < -0.39 is 6.10 Å². The van der Waals surface area contributed by atoms with E-state index in [0.29, 0.717) is 19.3 Å². The Morgan fingerprint density at radius 1 is 0.279 bits per heavy atom. The van der Waals surface area contributed by atoms with Crippen LogP contribution in [0.15, 0.2) is 36.5 Å². The Labute approximate surface area is 423 Å². The Hall–Kier alpha value is -2.37. The number of ether oxygens (including phenoxy) is 3. The predicted octanol–water partition coefficient (Wildman–Crippen LogP) is 20.0. The van der Waals surface area contributed by atoms with Gasteiger partial charge < -0.3 is 14.2 Å². The molecule has 0 aliphatic rings. The van der Waals surface area contributed by atoms with Crippen LogP contribution in [0.3, 0.4) is 0 Å². The first-order chi connectivity index (χ1) is 33.5. The summed E-state index contributed by atoms with van der Waals surface area (Å²) in [6, 6.07) is 0. The molecule has 0 aliphatic carbocycles. The topological polar surface area (TPSA) is 78.9 Å². The van der Waals surface area contributed by atoms with E-state index in [1.54, 1.807) is 0 Å². The molecule has 0 fully saturated rings. The van der Waals surface area contributed by atoms with Crippen LogP contribution in [0.4, 0.5) is 0 Å². The van der Waals surface area contributed by atoms with Gasteiger partial charge in [0.05, 0.1) is 0 Å². The molecule has 1 unspecified atom stereocenters. The Bertz CT molecular complexity index is 1140. The van der Waals surface area contributed by atoms with Gasteiger partial charge in [0, 0.05) is 19.3 Å². The monoisotopic (exact) mass is 955 g/mol. The molecular formula is C62H114O6. The van der Waals surface area contributed by atoms with Crippen LogP contribution in [0.25, 0.3) is 0 Å². The van der Waals surface area contributed by atoms with Crippen molar-refractivity contribution < 1.29 is 28.6 Å². The average Bonchev–Trinajstić information content (AvgIpc) is 3.34. The predicted molar refractivity (Wildman–Crippen MR) is 293 cm³/mol. The molecule has 6 heteroatoms. The number of unbranched alkanes of at least 4 members (excludes halogenated alkanes) is 38. The van der Waals surface area contributed by atoms with Gasteiger partial charge in [-0.2, -0.15) is 0 Å². The average molecular weight is 956 g/mol. The highest BCUT2D eigenvalue weighted by atomic mass is 16.6. The van der Waals surface area contributed by atoms with Crippen LogP contribution >= 0.6 is 0 Å². The first-order valence-electron chi connectivity index (χ1n) is 30.0. The van der Waals surface area contributed by atoms with E-state index in [9.17, 15) is 14.4 Å². The molecule has 0 heterocycles. The van der Waals surface area contributed by atoms with Crippen molar-refractivity contribution in [3.8, 4) is 0 Å². The smallest absolute Gasteiger partial charge is 0.306 e. The molecule has 0 radical (unpaired) electrons. The van der Waals surface area contributed by atoms with Gasteiger partial charge >= 0.3 is 17.9 Å². The van der Waals surface area contributed by atoms with Crippen molar-refractivity contribution >= 4 is 17.9 Å². The van der Waals surface area contributed by atoms with Crippen molar-refractivity contribution in [3.05, 3.63) is 36.5 Å². The van der Waals surface area contributed by atoms with E-state index in [0.717, 1.165) is 77.0 Å². The second-order valence-electron chi connectivity index (χ2n) is 20.2. The number of hydrogen-bond acceptors (Lipinski definition) is 6. The van der Waals surface area contributed by atoms with Crippen LogP contribution in [0, 0.1) is 0 Å². The van der Waals surface area contributed by atoms with Crippen LogP contribution in [0.2, 0.25) is 0 Å². The minimum atomic E-state index is -0.777. The summed E-state index contributed by atoms with van der Waals surface area (Å²) < 4.78 is 16.8. The van der Waals surface area contributed by atoms with Gasteiger partial charge in [-0.15, -0.1) is 0 Å². The first-order valence-corrected chi connectivity index (χ1v) is 30.0. The maximum Gasteiger partial charge on any atom is 0.306 e. The summed E-state index contributed by atoms with van der Waals surface area (Å²) in [5.74, 6) is -0.881. The summed E-state index contributed by atoms with van der Waals surface area (Å²) >= 11 is 0. The van der Waals surface area contributed by atoms with Gasteiger partial charge in [0.1, 0.15) is 13.2 Å². The zero-order chi connectivity index (χ0) is 49.3. The molecule has 0 saturated carbocycles. The van der Waals surface area contributed by atoms with Crippen molar-refractivity contribution in [1.29, 1.82) is 0 Å². The molecule has 0 rings (SSSR count). The molecule has 6 nitrogen and oxygen atoms in total. The van der Waals surface area contributed by atoms with Gasteiger partial charge in [-0.05, 0) is 89.9 Å². The Kier molecular flexibility index (Phi) is 55.2. The number of hydrogen-bond donors (Lipinski definition) is 0. The third kappa shape index (κ3) is 54.6. The van der Waals surface area contributed by atoms with Gasteiger partial charge in [0.2, 0.25) is 0 Å². The van der Waals surface area contributed by atoms with Crippen molar-refractivity contribution in [2.24, 2.45) is 0 Å². The fourth-order valence-corrected chi connectivity index (χ4v) is 8.79. The second-order valence-corrected chi connectivity index (χ2v) is 20.2. The second kappa shape index (κ2) is 57.2. The largest absolute Gasteiger partial charge is 0.462 e. The summed E-state index contributed by atoms with van der Waals surface area (Å²) in [7, 11) is 0. The fraction of sp³-hybridized carbons (Fsp3) is 0.855. The summed E-state index contributed by atoms with van der Waals surface area (Å²) in [6.07, 6.45) is 68.7. The van der Waals surface area contributed by atoms with E-state index in [2.05, 4.69) is 57.2 Å². The molecule has 0 aliphatic heterocycles. The lowest BCUT2D eigenvalue weighted by Crippen LogP contribution is -2.30. The molecule has 0 saturated heterocycles. The van der Waals surface area contributed by atoms with Crippen molar-refractivity contribution in [2.75, 3.05) is 13.2 Å².